The number of rotatable bonds is 7. The number of benzene rings is 2. The van der Waals surface area contributed by atoms with Gasteiger partial charge in [0.05, 0.1) is 20.8 Å². The van der Waals surface area contributed by atoms with E-state index in [1.54, 1.807) is 35.2 Å². The summed E-state index contributed by atoms with van der Waals surface area (Å²) in [6.07, 6.45) is 0.795. The van der Waals surface area contributed by atoms with Crippen molar-refractivity contribution in [3.05, 3.63) is 59.4 Å². The van der Waals surface area contributed by atoms with Crippen molar-refractivity contribution in [1.29, 1.82) is 0 Å². The highest BCUT2D eigenvalue weighted by Crippen LogP contribution is 2.27. The molecule has 1 aliphatic heterocycles. The molecule has 1 saturated heterocycles. The molecule has 2 aromatic carbocycles. The Morgan fingerprint density at radius 1 is 1.00 bits per heavy atom. The molecule has 0 spiro atoms. The normalized spacial score (nSPS) is 14.6. The number of hydrogen-bond acceptors (Lipinski definition) is 5. The summed E-state index contributed by atoms with van der Waals surface area (Å²) in [5, 5.41) is 2.67. The molecule has 3 rings (SSSR count). The lowest BCUT2D eigenvalue weighted by Gasteiger charge is -2.22. The van der Waals surface area contributed by atoms with E-state index in [1.807, 2.05) is 6.07 Å². The Kier molecular flexibility index (Phi) is 7.83. The van der Waals surface area contributed by atoms with E-state index in [0.29, 0.717) is 48.8 Å². The molecule has 1 fully saturated rings. The maximum absolute atomic E-state index is 13.9. The van der Waals surface area contributed by atoms with Crippen LogP contribution in [0.5, 0.6) is 11.5 Å². The Morgan fingerprint density at radius 2 is 1.77 bits per heavy atom. The van der Waals surface area contributed by atoms with E-state index in [0.717, 1.165) is 13.0 Å². The third-order valence-corrected chi connectivity index (χ3v) is 5.34. The molecule has 1 aliphatic rings. The summed E-state index contributed by atoms with van der Waals surface area (Å²) in [5.74, 6) is 0.271. The summed E-state index contributed by atoms with van der Waals surface area (Å²) < 4.78 is 24.3. The first-order valence-electron chi connectivity index (χ1n) is 10.3. The molecule has 0 bridgehead atoms. The Morgan fingerprint density at radius 3 is 2.52 bits per heavy atom. The number of ether oxygens (including phenoxy) is 2. The fourth-order valence-electron chi connectivity index (χ4n) is 3.59. The Bertz CT molecular complexity index is 921. The maximum atomic E-state index is 13.9. The minimum absolute atomic E-state index is 0.0828. The second-order valence-electron chi connectivity index (χ2n) is 7.35. The van der Waals surface area contributed by atoms with Crippen LogP contribution in [0.3, 0.4) is 0 Å². The molecule has 7 nitrogen and oxygen atoms in total. The molecule has 1 N–H and O–H groups in total. The zero-order valence-electron chi connectivity index (χ0n) is 17.9. The van der Waals surface area contributed by atoms with Gasteiger partial charge in [-0.25, -0.2) is 4.39 Å². The molecule has 0 aliphatic carbocycles. The highest BCUT2D eigenvalue weighted by atomic mass is 19.1. The number of carbonyl (C=O) groups excluding carboxylic acids is 2. The molecule has 8 heteroatoms. The van der Waals surface area contributed by atoms with Gasteiger partial charge in [-0.2, -0.15) is 0 Å². The summed E-state index contributed by atoms with van der Waals surface area (Å²) in [4.78, 5) is 28.9. The van der Waals surface area contributed by atoms with E-state index >= 15 is 0 Å². The molecule has 0 radical (unpaired) electrons. The number of nitrogens with zero attached hydrogens (tertiary/aromatic N) is 2. The smallest absolute Gasteiger partial charge is 0.251 e. The number of amides is 2. The lowest BCUT2D eigenvalue weighted by Crippen LogP contribution is -2.42. The average molecular weight is 429 g/mol. The van der Waals surface area contributed by atoms with Gasteiger partial charge < -0.3 is 19.7 Å². The first kappa shape index (κ1) is 22.6. The topological polar surface area (TPSA) is 71.1 Å². The number of hydrogen-bond donors (Lipinski definition) is 1. The molecule has 0 atom stereocenters. The maximum Gasteiger partial charge on any atom is 0.251 e. The largest absolute Gasteiger partial charge is 0.493 e. The summed E-state index contributed by atoms with van der Waals surface area (Å²) in [5.41, 5.74) is 1.04. The van der Waals surface area contributed by atoms with Gasteiger partial charge in [-0.1, -0.05) is 18.2 Å². The highest BCUT2D eigenvalue weighted by molar-refractivity contribution is 5.97. The van der Waals surface area contributed by atoms with Crippen LogP contribution in [0.2, 0.25) is 0 Å². The van der Waals surface area contributed by atoms with Gasteiger partial charge in [0.2, 0.25) is 5.91 Å². The molecular weight excluding hydrogens is 401 g/mol. The minimum Gasteiger partial charge on any atom is -0.493 e. The van der Waals surface area contributed by atoms with Crippen molar-refractivity contribution in [3.63, 3.8) is 0 Å². The van der Waals surface area contributed by atoms with Crippen LogP contribution < -0.4 is 14.8 Å². The molecule has 0 unspecified atom stereocenters. The van der Waals surface area contributed by atoms with Crippen LogP contribution in [0.4, 0.5) is 4.39 Å². The van der Waals surface area contributed by atoms with Crippen LogP contribution in [0.15, 0.2) is 42.5 Å². The van der Waals surface area contributed by atoms with Crippen molar-refractivity contribution < 1.29 is 23.5 Å². The van der Waals surface area contributed by atoms with E-state index in [1.165, 1.54) is 20.3 Å². The molecule has 31 heavy (non-hydrogen) atoms. The minimum atomic E-state index is -0.356. The van der Waals surface area contributed by atoms with Crippen molar-refractivity contribution >= 4 is 11.8 Å². The molecule has 1 heterocycles. The van der Waals surface area contributed by atoms with Gasteiger partial charge in [0.25, 0.3) is 5.91 Å². The number of carbonyl (C=O) groups is 2. The van der Waals surface area contributed by atoms with Crippen LogP contribution in [-0.2, 0) is 11.3 Å². The monoisotopic (exact) mass is 429 g/mol. The molecular formula is C23H28FN3O4. The van der Waals surface area contributed by atoms with Crippen LogP contribution in [0.1, 0.15) is 22.3 Å². The molecule has 0 aromatic heterocycles. The molecule has 2 aromatic rings. The fraction of sp³-hybridized carbons (Fsp3) is 0.391. The fourth-order valence-corrected chi connectivity index (χ4v) is 3.59. The quantitative estimate of drug-likeness (QED) is 0.732. The van der Waals surface area contributed by atoms with E-state index in [4.69, 9.17) is 9.47 Å². The summed E-state index contributed by atoms with van der Waals surface area (Å²) in [7, 11) is 3.02. The molecule has 2 amide bonds. The predicted molar refractivity (Wildman–Crippen MR) is 115 cm³/mol. The van der Waals surface area contributed by atoms with Gasteiger partial charge in [0, 0.05) is 43.9 Å². The van der Waals surface area contributed by atoms with Gasteiger partial charge in [-0.05, 0) is 30.7 Å². The van der Waals surface area contributed by atoms with Crippen molar-refractivity contribution in [2.45, 2.75) is 13.0 Å². The van der Waals surface area contributed by atoms with Gasteiger partial charge in [-0.15, -0.1) is 0 Å². The predicted octanol–water partition coefficient (Wildman–Crippen LogP) is 2.31. The first-order chi connectivity index (χ1) is 15.0. The Hall–Kier alpha value is -3.13. The van der Waals surface area contributed by atoms with E-state index < -0.39 is 0 Å². The van der Waals surface area contributed by atoms with Gasteiger partial charge in [-0.3, -0.25) is 14.5 Å². The molecule has 166 valence electrons. The van der Waals surface area contributed by atoms with Gasteiger partial charge >= 0.3 is 0 Å². The van der Waals surface area contributed by atoms with E-state index in [2.05, 4.69) is 10.2 Å². The standard InChI is InChI=1S/C23H28FN3O4/c1-30-20-9-8-17(14-21(20)31-2)23(29)25-15-22(28)27-11-5-10-26(12-13-27)16-18-6-3-4-7-19(18)24/h3-4,6-9,14H,5,10-13,15-16H2,1-2H3,(H,25,29). The van der Waals surface area contributed by atoms with Gasteiger partial charge in [0.15, 0.2) is 11.5 Å². The third-order valence-electron chi connectivity index (χ3n) is 5.34. The second-order valence-corrected chi connectivity index (χ2v) is 7.35. The zero-order valence-corrected chi connectivity index (χ0v) is 17.9. The summed E-state index contributed by atoms with van der Waals surface area (Å²) >= 11 is 0. The van der Waals surface area contributed by atoms with Crippen molar-refractivity contribution in [2.24, 2.45) is 0 Å². The zero-order chi connectivity index (χ0) is 22.2. The van der Waals surface area contributed by atoms with Crippen molar-refractivity contribution in [3.8, 4) is 11.5 Å². The third kappa shape index (κ3) is 5.95. The van der Waals surface area contributed by atoms with Crippen LogP contribution >= 0.6 is 0 Å². The Balaban J connectivity index is 1.50. The van der Waals surface area contributed by atoms with Crippen LogP contribution in [-0.4, -0.2) is 68.6 Å². The summed E-state index contributed by atoms with van der Waals surface area (Å²) in [6, 6.07) is 11.6. The number of nitrogens with one attached hydrogen (secondary N) is 1. The number of methoxy groups -OCH3 is 2. The molecule has 0 saturated carbocycles. The van der Waals surface area contributed by atoms with Crippen LogP contribution in [0.25, 0.3) is 0 Å². The SMILES string of the molecule is COc1ccc(C(=O)NCC(=O)N2CCCN(Cc3ccccc3F)CC2)cc1OC. The average Bonchev–Trinajstić information content (AvgIpc) is 3.04. The lowest BCUT2D eigenvalue weighted by molar-refractivity contribution is -0.130. The van der Waals surface area contributed by atoms with E-state index in [9.17, 15) is 14.0 Å². The highest BCUT2D eigenvalue weighted by Gasteiger charge is 2.20. The second kappa shape index (κ2) is 10.8. The number of halogens is 1. The lowest BCUT2D eigenvalue weighted by atomic mass is 10.2. The van der Waals surface area contributed by atoms with Gasteiger partial charge in [0.1, 0.15) is 5.82 Å². The van der Waals surface area contributed by atoms with Crippen molar-refractivity contribution in [1.82, 2.24) is 15.1 Å². The summed E-state index contributed by atoms with van der Waals surface area (Å²) in [6.45, 7) is 3.03. The van der Waals surface area contributed by atoms with E-state index in [-0.39, 0.29) is 24.2 Å². The van der Waals surface area contributed by atoms with Crippen LogP contribution in [0, 0.1) is 5.82 Å². The van der Waals surface area contributed by atoms with Crippen molar-refractivity contribution in [2.75, 3.05) is 46.9 Å². The Labute approximate surface area is 181 Å². The first-order valence-corrected chi connectivity index (χ1v) is 10.3.